The summed E-state index contributed by atoms with van der Waals surface area (Å²) in [5.41, 5.74) is 0.933. The Bertz CT molecular complexity index is 329. The van der Waals surface area contributed by atoms with Crippen molar-refractivity contribution in [2.24, 2.45) is 0 Å². The lowest BCUT2D eigenvalue weighted by Gasteiger charge is -2.23. The van der Waals surface area contributed by atoms with E-state index in [0.717, 1.165) is 5.70 Å². The molecule has 0 aromatic rings. The first kappa shape index (κ1) is 9.92. The third-order valence-corrected chi connectivity index (χ3v) is 4.80. The minimum absolute atomic E-state index is 0.0771. The van der Waals surface area contributed by atoms with Gasteiger partial charge in [0.1, 0.15) is 6.04 Å². The Morgan fingerprint density at radius 1 is 1.64 bits per heavy atom. The van der Waals surface area contributed by atoms with Gasteiger partial charge in [-0.15, -0.1) is 0 Å². The molecule has 1 saturated heterocycles. The van der Waals surface area contributed by atoms with Gasteiger partial charge in [0.15, 0.2) is 0 Å². The maximum absolute atomic E-state index is 11.6. The van der Waals surface area contributed by atoms with Crippen LogP contribution in [0.25, 0.3) is 0 Å². The number of carbonyl (C=O) groups is 2. The van der Waals surface area contributed by atoms with Crippen LogP contribution in [-0.4, -0.2) is 35.1 Å². The molecule has 0 aromatic carbocycles. The Hall–Kier alpha value is -0.620. The maximum atomic E-state index is 11.6. The fraction of sp³-hybridized carbons (Fsp3) is 0.500. The summed E-state index contributed by atoms with van der Waals surface area (Å²) < 4.78 is 0. The highest BCUT2D eigenvalue weighted by Gasteiger charge is 2.44. The zero-order valence-electron chi connectivity index (χ0n) is 7.81. The molecule has 2 rings (SSSR count). The minimum Gasteiger partial charge on any atom is -0.332 e. The van der Waals surface area contributed by atoms with Gasteiger partial charge < -0.3 is 10.2 Å². The molecule has 2 amide bonds. The molecule has 0 radical (unpaired) electrons. The molecule has 4 nitrogen and oxygen atoms in total. The monoisotopic (exact) mass is 230 g/mol. The van der Waals surface area contributed by atoms with Gasteiger partial charge in [-0.2, -0.15) is 0 Å². The van der Waals surface area contributed by atoms with Gasteiger partial charge >= 0.3 is 0 Å². The number of nitrogens with one attached hydrogen (secondary N) is 1. The molecule has 0 spiro atoms. The van der Waals surface area contributed by atoms with Gasteiger partial charge in [0.25, 0.3) is 0 Å². The van der Waals surface area contributed by atoms with E-state index in [1.807, 2.05) is 5.41 Å². The lowest BCUT2D eigenvalue weighted by Crippen LogP contribution is -2.44. The first-order valence-electron chi connectivity index (χ1n) is 4.17. The van der Waals surface area contributed by atoms with Crippen molar-refractivity contribution in [2.45, 2.75) is 18.2 Å². The highest BCUT2D eigenvalue weighted by molar-refractivity contribution is 8.78. The summed E-state index contributed by atoms with van der Waals surface area (Å²) in [5, 5.41) is 4.80. The van der Waals surface area contributed by atoms with E-state index in [9.17, 15) is 9.59 Å². The summed E-state index contributed by atoms with van der Waals surface area (Å²) in [6.07, 6.45) is 0. The molecule has 0 aliphatic carbocycles. The van der Waals surface area contributed by atoms with Crippen molar-refractivity contribution in [2.75, 3.05) is 7.05 Å². The van der Waals surface area contributed by atoms with Crippen LogP contribution in [0, 0.1) is 0 Å². The molecule has 2 aliphatic heterocycles. The standard InChI is InChI=1S/C8H10N2O2S2/c1-4(11)10(2)6-7-5(3-13-14-7)9-8(6)12/h3,6-7H,1-2H3,(H,9,12). The van der Waals surface area contributed by atoms with Crippen LogP contribution >= 0.6 is 21.6 Å². The number of nitrogens with zero attached hydrogens (tertiary/aromatic N) is 1. The summed E-state index contributed by atoms with van der Waals surface area (Å²) in [6.45, 7) is 1.47. The third kappa shape index (κ3) is 1.42. The molecule has 0 saturated carbocycles. The number of carbonyl (C=O) groups excluding carboxylic acids is 2. The van der Waals surface area contributed by atoms with E-state index in [4.69, 9.17) is 0 Å². The molecular weight excluding hydrogens is 220 g/mol. The van der Waals surface area contributed by atoms with E-state index in [1.165, 1.54) is 11.8 Å². The van der Waals surface area contributed by atoms with E-state index in [0.29, 0.717) is 0 Å². The van der Waals surface area contributed by atoms with E-state index in [2.05, 4.69) is 5.32 Å². The maximum Gasteiger partial charge on any atom is 0.248 e. The fourth-order valence-electron chi connectivity index (χ4n) is 1.51. The molecule has 14 heavy (non-hydrogen) atoms. The Balaban J connectivity index is 2.23. The molecular formula is C8H10N2O2S2. The van der Waals surface area contributed by atoms with Crippen LogP contribution in [0.1, 0.15) is 6.92 Å². The molecule has 1 fully saturated rings. The van der Waals surface area contributed by atoms with Crippen LogP contribution in [0.4, 0.5) is 0 Å². The number of rotatable bonds is 1. The van der Waals surface area contributed by atoms with Gasteiger partial charge in [0.2, 0.25) is 11.8 Å². The zero-order chi connectivity index (χ0) is 10.3. The Morgan fingerprint density at radius 2 is 2.36 bits per heavy atom. The van der Waals surface area contributed by atoms with Crippen molar-refractivity contribution in [3.63, 3.8) is 0 Å². The molecule has 76 valence electrons. The van der Waals surface area contributed by atoms with Crippen LogP contribution in [-0.2, 0) is 9.59 Å². The predicted octanol–water partition coefficient (Wildman–Crippen LogP) is 0.568. The molecule has 2 unspecified atom stereocenters. The van der Waals surface area contributed by atoms with Gasteiger partial charge in [-0.05, 0) is 0 Å². The van der Waals surface area contributed by atoms with Crippen molar-refractivity contribution >= 4 is 33.4 Å². The molecule has 0 bridgehead atoms. The molecule has 6 heteroatoms. The predicted molar refractivity (Wildman–Crippen MR) is 57.4 cm³/mol. The number of hydrogen-bond acceptors (Lipinski definition) is 4. The van der Waals surface area contributed by atoms with E-state index >= 15 is 0 Å². The normalized spacial score (nSPS) is 29.6. The van der Waals surface area contributed by atoms with Crippen molar-refractivity contribution in [1.29, 1.82) is 0 Å². The number of amides is 2. The lowest BCUT2D eigenvalue weighted by atomic mass is 10.2. The fourth-order valence-corrected chi connectivity index (χ4v) is 4.19. The number of hydrogen-bond donors (Lipinski definition) is 1. The van der Waals surface area contributed by atoms with Crippen molar-refractivity contribution in [1.82, 2.24) is 10.2 Å². The highest BCUT2D eigenvalue weighted by Crippen LogP contribution is 2.44. The van der Waals surface area contributed by atoms with Crippen LogP contribution in [0.15, 0.2) is 11.1 Å². The van der Waals surface area contributed by atoms with Gasteiger partial charge in [0.05, 0.1) is 5.25 Å². The Labute approximate surface area is 89.9 Å². The average Bonchev–Trinajstić information content (AvgIpc) is 2.62. The van der Waals surface area contributed by atoms with Crippen LogP contribution in [0.3, 0.4) is 0 Å². The first-order chi connectivity index (χ1) is 6.61. The largest absolute Gasteiger partial charge is 0.332 e. The highest BCUT2D eigenvalue weighted by atomic mass is 33.1. The summed E-state index contributed by atoms with van der Waals surface area (Å²) >= 11 is 0. The lowest BCUT2D eigenvalue weighted by molar-refractivity contribution is -0.135. The zero-order valence-corrected chi connectivity index (χ0v) is 9.45. The van der Waals surface area contributed by atoms with E-state index < -0.39 is 0 Å². The van der Waals surface area contributed by atoms with Crippen molar-refractivity contribution < 1.29 is 9.59 Å². The Morgan fingerprint density at radius 3 is 3.00 bits per heavy atom. The van der Waals surface area contributed by atoms with Crippen molar-refractivity contribution in [3.8, 4) is 0 Å². The van der Waals surface area contributed by atoms with Crippen LogP contribution in [0.2, 0.25) is 0 Å². The van der Waals surface area contributed by atoms with Gasteiger partial charge in [-0.25, -0.2) is 0 Å². The summed E-state index contributed by atoms with van der Waals surface area (Å²) in [6, 6.07) is -0.348. The molecule has 0 aromatic heterocycles. The van der Waals surface area contributed by atoms with Gasteiger partial charge in [-0.3, -0.25) is 9.59 Å². The summed E-state index contributed by atoms with van der Waals surface area (Å²) in [7, 11) is 4.89. The first-order valence-corrected chi connectivity index (χ1v) is 6.45. The third-order valence-electron chi connectivity index (χ3n) is 2.38. The minimum atomic E-state index is -0.348. The Kier molecular flexibility index (Phi) is 2.48. The second-order valence-electron chi connectivity index (χ2n) is 3.25. The summed E-state index contributed by atoms with van der Waals surface area (Å²) in [4.78, 5) is 24.2. The number of likely N-dealkylation sites (N-methyl/N-ethyl adjacent to an activating group) is 1. The molecule has 2 heterocycles. The van der Waals surface area contributed by atoms with E-state index in [1.54, 1.807) is 28.6 Å². The average molecular weight is 230 g/mol. The number of fused-ring (bicyclic) bond motifs is 1. The van der Waals surface area contributed by atoms with Crippen molar-refractivity contribution in [3.05, 3.63) is 11.1 Å². The second-order valence-corrected chi connectivity index (χ2v) is 5.53. The van der Waals surface area contributed by atoms with Crippen LogP contribution < -0.4 is 5.32 Å². The van der Waals surface area contributed by atoms with Crippen LogP contribution in [0.5, 0.6) is 0 Å². The molecule has 1 N–H and O–H groups in total. The molecule has 2 aliphatic rings. The summed E-state index contributed by atoms with van der Waals surface area (Å²) in [5.74, 6) is -0.157. The van der Waals surface area contributed by atoms with E-state index in [-0.39, 0.29) is 23.1 Å². The topological polar surface area (TPSA) is 49.4 Å². The van der Waals surface area contributed by atoms with Gasteiger partial charge in [0, 0.05) is 25.1 Å². The quantitative estimate of drug-likeness (QED) is 0.669. The molecule has 2 atom stereocenters. The smallest absolute Gasteiger partial charge is 0.248 e. The van der Waals surface area contributed by atoms with Gasteiger partial charge in [-0.1, -0.05) is 21.6 Å². The SMILES string of the molecule is CC(=O)N(C)C1C(=O)NC2=CSSC21. The second kappa shape index (κ2) is 3.51.